The fraction of sp³-hybridized carbons (Fsp3) is 1.00. The standard InChI is InChI=1S/C13H26N2/c1-11-5-2-3-6-12(11)9-15-8-4-7-13(14)10-15/h11-13H,2-10,14H2,1H3/t11?,12?,13-/m1/s1. The molecule has 2 nitrogen and oxygen atoms in total. The van der Waals surface area contributed by atoms with Gasteiger partial charge in [0.1, 0.15) is 0 Å². The zero-order valence-electron chi connectivity index (χ0n) is 10.1. The quantitative estimate of drug-likeness (QED) is 0.757. The Hall–Kier alpha value is -0.0800. The maximum atomic E-state index is 6.02. The van der Waals surface area contributed by atoms with Crippen LogP contribution < -0.4 is 5.73 Å². The fourth-order valence-electron chi connectivity index (χ4n) is 3.25. The van der Waals surface area contributed by atoms with E-state index in [0.717, 1.165) is 18.4 Å². The van der Waals surface area contributed by atoms with E-state index in [1.54, 1.807) is 0 Å². The Morgan fingerprint density at radius 2 is 1.93 bits per heavy atom. The van der Waals surface area contributed by atoms with Gasteiger partial charge in [0.2, 0.25) is 0 Å². The predicted molar refractivity (Wildman–Crippen MR) is 64.8 cm³/mol. The van der Waals surface area contributed by atoms with Gasteiger partial charge in [0, 0.05) is 19.1 Å². The zero-order chi connectivity index (χ0) is 10.7. The average molecular weight is 210 g/mol. The highest BCUT2D eigenvalue weighted by Crippen LogP contribution is 2.30. The Labute approximate surface area is 94.2 Å². The van der Waals surface area contributed by atoms with Crippen molar-refractivity contribution in [3.63, 3.8) is 0 Å². The number of hydrogen-bond donors (Lipinski definition) is 1. The molecule has 0 radical (unpaired) electrons. The van der Waals surface area contributed by atoms with Gasteiger partial charge >= 0.3 is 0 Å². The molecule has 2 N–H and O–H groups in total. The Morgan fingerprint density at radius 3 is 2.67 bits per heavy atom. The molecular formula is C13H26N2. The summed E-state index contributed by atoms with van der Waals surface area (Å²) in [5.41, 5.74) is 6.02. The minimum Gasteiger partial charge on any atom is -0.327 e. The SMILES string of the molecule is CC1CCCCC1CN1CCC[C@@H](N)C1. The summed E-state index contributed by atoms with van der Waals surface area (Å²) in [5, 5.41) is 0. The van der Waals surface area contributed by atoms with E-state index in [0.29, 0.717) is 6.04 Å². The van der Waals surface area contributed by atoms with E-state index >= 15 is 0 Å². The van der Waals surface area contributed by atoms with Crippen molar-refractivity contribution in [2.45, 2.75) is 51.5 Å². The first kappa shape index (κ1) is 11.4. The first-order valence-electron chi connectivity index (χ1n) is 6.73. The zero-order valence-corrected chi connectivity index (χ0v) is 10.1. The maximum Gasteiger partial charge on any atom is 0.0168 e. The molecule has 2 aliphatic rings. The summed E-state index contributed by atoms with van der Waals surface area (Å²) in [4.78, 5) is 2.61. The molecule has 0 bridgehead atoms. The summed E-state index contributed by atoms with van der Waals surface area (Å²) in [6.07, 6.45) is 8.35. The predicted octanol–water partition coefficient (Wildman–Crippen LogP) is 2.24. The minimum absolute atomic E-state index is 0.442. The van der Waals surface area contributed by atoms with Crippen LogP contribution in [-0.4, -0.2) is 30.6 Å². The van der Waals surface area contributed by atoms with Crippen molar-refractivity contribution >= 4 is 0 Å². The van der Waals surface area contributed by atoms with Crippen LogP contribution in [0.2, 0.25) is 0 Å². The molecule has 2 rings (SSSR count). The summed E-state index contributed by atoms with van der Waals surface area (Å²) in [5.74, 6) is 1.89. The van der Waals surface area contributed by atoms with Gasteiger partial charge in [-0.05, 0) is 37.6 Å². The molecule has 1 heterocycles. The highest BCUT2D eigenvalue weighted by atomic mass is 15.1. The van der Waals surface area contributed by atoms with E-state index in [2.05, 4.69) is 11.8 Å². The largest absolute Gasteiger partial charge is 0.327 e. The summed E-state index contributed by atoms with van der Waals surface area (Å²) in [6.45, 7) is 6.18. The highest BCUT2D eigenvalue weighted by Gasteiger charge is 2.25. The van der Waals surface area contributed by atoms with Crippen LogP contribution in [0, 0.1) is 11.8 Å². The second-order valence-electron chi connectivity index (χ2n) is 5.68. The Balaban J connectivity index is 1.79. The maximum absolute atomic E-state index is 6.02. The molecule has 2 unspecified atom stereocenters. The lowest BCUT2D eigenvalue weighted by molar-refractivity contribution is 0.133. The van der Waals surface area contributed by atoms with Crippen LogP contribution in [0.3, 0.4) is 0 Å². The Kier molecular flexibility index (Phi) is 4.04. The van der Waals surface area contributed by atoms with E-state index < -0.39 is 0 Å². The fourth-order valence-corrected chi connectivity index (χ4v) is 3.25. The van der Waals surface area contributed by atoms with Gasteiger partial charge in [0.05, 0.1) is 0 Å². The molecule has 1 saturated heterocycles. The second-order valence-corrected chi connectivity index (χ2v) is 5.68. The van der Waals surface area contributed by atoms with Crippen LogP contribution >= 0.6 is 0 Å². The van der Waals surface area contributed by atoms with Gasteiger partial charge in [-0.1, -0.05) is 26.2 Å². The number of nitrogens with zero attached hydrogens (tertiary/aromatic N) is 1. The van der Waals surface area contributed by atoms with Crippen molar-refractivity contribution in [3.05, 3.63) is 0 Å². The molecule has 88 valence electrons. The summed E-state index contributed by atoms with van der Waals surface area (Å²) in [6, 6.07) is 0.442. The summed E-state index contributed by atoms with van der Waals surface area (Å²) in [7, 11) is 0. The van der Waals surface area contributed by atoms with Gasteiger partial charge in [-0.2, -0.15) is 0 Å². The Morgan fingerprint density at radius 1 is 1.13 bits per heavy atom. The smallest absolute Gasteiger partial charge is 0.0168 e. The van der Waals surface area contributed by atoms with Crippen molar-refractivity contribution in [2.75, 3.05) is 19.6 Å². The molecule has 1 aliphatic carbocycles. The van der Waals surface area contributed by atoms with E-state index in [1.807, 2.05) is 0 Å². The van der Waals surface area contributed by atoms with Crippen LogP contribution in [0.4, 0.5) is 0 Å². The summed E-state index contributed by atoms with van der Waals surface area (Å²) < 4.78 is 0. The molecule has 2 fully saturated rings. The van der Waals surface area contributed by atoms with E-state index in [4.69, 9.17) is 5.73 Å². The lowest BCUT2D eigenvalue weighted by Crippen LogP contribution is -2.45. The lowest BCUT2D eigenvalue weighted by Gasteiger charge is -2.37. The number of piperidine rings is 1. The molecule has 0 aromatic carbocycles. The third kappa shape index (κ3) is 3.18. The average Bonchev–Trinajstić information content (AvgIpc) is 2.22. The van der Waals surface area contributed by atoms with E-state index in [-0.39, 0.29) is 0 Å². The lowest BCUT2D eigenvalue weighted by atomic mass is 9.80. The van der Waals surface area contributed by atoms with Crippen molar-refractivity contribution in [2.24, 2.45) is 17.6 Å². The molecule has 2 heteroatoms. The monoisotopic (exact) mass is 210 g/mol. The van der Waals surface area contributed by atoms with Crippen molar-refractivity contribution < 1.29 is 0 Å². The van der Waals surface area contributed by atoms with Crippen LogP contribution in [0.1, 0.15) is 45.4 Å². The van der Waals surface area contributed by atoms with Gasteiger partial charge in [-0.3, -0.25) is 0 Å². The van der Waals surface area contributed by atoms with Crippen LogP contribution in [0.5, 0.6) is 0 Å². The molecule has 0 amide bonds. The molecule has 1 aliphatic heterocycles. The summed E-state index contributed by atoms with van der Waals surface area (Å²) >= 11 is 0. The van der Waals surface area contributed by atoms with Gasteiger partial charge < -0.3 is 10.6 Å². The third-order valence-corrected chi connectivity index (χ3v) is 4.32. The molecule has 1 saturated carbocycles. The highest BCUT2D eigenvalue weighted by molar-refractivity contribution is 4.80. The Bertz CT molecular complexity index is 193. The molecule has 0 aromatic rings. The van der Waals surface area contributed by atoms with Gasteiger partial charge in [0.15, 0.2) is 0 Å². The number of nitrogens with two attached hydrogens (primary N) is 1. The first-order valence-corrected chi connectivity index (χ1v) is 6.73. The van der Waals surface area contributed by atoms with Crippen LogP contribution in [0.15, 0.2) is 0 Å². The van der Waals surface area contributed by atoms with E-state index in [9.17, 15) is 0 Å². The van der Waals surface area contributed by atoms with Gasteiger partial charge in [-0.15, -0.1) is 0 Å². The molecule has 0 spiro atoms. The van der Waals surface area contributed by atoms with E-state index in [1.165, 1.54) is 51.6 Å². The first-order chi connectivity index (χ1) is 7.25. The van der Waals surface area contributed by atoms with Crippen molar-refractivity contribution in [1.29, 1.82) is 0 Å². The topological polar surface area (TPSA) is 29.3 Å². The number of likely N-dealkylation sites (tertiary alicyclic amines) is 1. The third-order valence-electron chi connectivity index (χ3n) is 4.32. The van der Waals surface area contributed by atoms with Crippen molar-refractivity contribution in [1.82, 2.24) is 4.90 Å². The van der Waals surface area contributed by atoms with Gasteiger partial charge in [-0.25, -0.2) is 0 Å². The van der Waals surface area contributed by atoms with Crippen LogP contribution in [-0.2, 0) is 0 Å². The molecule has 15 heavy (non-hydrogen) atoms. The van der Waals surface area contributed by atoms with Crippen LogP contribution in [0.25, 0.3) is 0 Å². The number of rotatable bonds is 2. The molecule has 3 atom stereocenters. The second kappa shape index (κ2) is 5.31. The minimum atomic E-state index is 0.442. The van der Waals surface area contributed by atoms with Crippen molar-refractivity contribution in [3.8, 4) is 0 Å². The molecular weight excluding hydrogens is 184 g/mol. The number of hydrogen-bond acceptors (Lipinski definition) is 2. The van der Waals surface area contributed by atoms with Gasteiger partial charge in [0.25, 0.3) is 0 Å². The molecule has 0 aromatic heterocycles. The normalized spacial score (nSPS) is 39.2.